The molecule has 1 aromatic carbocycles. The predicted molar refractivity (Wildman–Crippen MR) is 77.8 cm³/mol. The molecule has 2 aromatic rings. The molecule has 1 heterocycles. The monoisotopic (exact) mass is 254 g/mol. The first-order valence-electron chi connectivity index (χ1n) is 6.61. The third-order valence-corrected chi connectivity index (χ3v) is 2.90. The number of rotatable bonds is 5. The maximum Gasteiger partial charge on any atom is 0.225 e. The summed E-state index contributed by atoms with van der Waals surface area (Å²) in [6.45, 7) is 2.07. The van der Waals surface area contributed by atoms with Gasteiger partial charge in [0.2, 0.25) is 5.91 Å². The minimum atomic E-state index is 0.0295. The molecule has 0 atom stereocenters. The Morgan fingerprint density at radius 1 is 1.11 bits per heavy atom. The molecule has 1 N–H and O–H groups in total. The van der Waals surface area contributed by atoms with Crippen molar-refractivity contribution in [2.75, 3.05) is 5.32 Å². The number of hydrogen-bond donors (Lipinski definition) is 1. The number of pyridine rings is 1. The highest BCUT2D eigenvalue weighted by molar-refractivity contribution is 5.89. The van der Waals surface area contributed by atoms with Crippen molar-refractivity contribution in [3.63, 3.8) is 0 Å². The molecule has 1 amide bonds. The molecule has 0 unspecified atom stereocenters. The Labute approximate surface area is 113 Å². The van der Waals surface area contributed by atoms with E-state index in [1.165, 1.54) is 0 Å². The Balaban J connectivity index is 2.01. The standard InChI is InChI=1S/C16H18N2O/c1-2-3-9-16(19)18-15-11-10-14(12-17-15)13-7-5-4-6-8-13/h4-8,10-12H,2-3,9H2,1H3,(H,17,18,19). The van der Waals surface area contributed by atoms with Gasteiger partial charge in [0, 0.05) is 18.2 Å². The summed E-state index contributed by atoms with van der Waals surface area (Å²) in [5, 5.41) is 2.81. The van der Waals surface area contributed by atoms with Gasteiger partial charge in [0.25, 0.3) is 0 Å². The maximum atomic E-state index is 11.6. The van der Waals surface area contributed by atoms with Crippen LogP contribution in [0.25, 0.3) is 11.1 Å². The number of anilines is 1. The molecule has 0 bridgehead atoms. The normalized spacial score (nSPS) is 10.2. The summed E-state index contributed by atoms with van der Waals surface area (Å²) >= 11 is 0. The van der Waals surface area contributed by atoms with E-state index in [9.17, 15) is 4.79 Å². The number of unbranched alkanes of at least 4 members (excludes halogenated alkanes) is 1. The lowest BCUT2D eigenvalue weighted by Gasteiger charge is -2.05. The molecule has 0 saturated heterocycles. The third-order valence-electron chi connectivity index (χ3n) is 2.90. The van der Waals surface area contributed by atoms with Crippen molar-refractivity contribution in [2.45, 2.75) is 26.2 Å². The first-order valence-corrected chi connectivity index (χ1v) is 6.61. The molecule has 3 heteroatoms. The van der Waals surface area contributed by atoms with E-state index in [2.05, 4.69) is 17.2 Å². The molecule has 0 fully saturated rings. The van der Waals surface area contributed by atoms with E-state index in [1.807, 2.05) is 42.5 Å². The summed E-state index contributed by atoms with van der Waals surface area (Å²) in [5.74, 6) is 0.641. The van der Waals surface area contributed by atoms with Crippen molar-refractivity contribution in [3.8, 4) is 11.1 Å². The summed E-state index contributed by atoms with van der Waals surface area (Å²) in [5.41, 5.74) is 2.17. The van der Waals surface area contributed by atoms with E-state index >= 15 is 0 Å². The van der Waals surface area contributed by atoms with Crippen molar-refractivity contribution in [2.24, 2.45) is 0 Å². The SMILES string of the molecule is CCCCC(=O)Nc1ccc(-c2ccccc2)cn1. The van der Waals surface area contributed by atoms with Crippen molar-refractivity contribution >= 4 is 11.7 Å². The van der Waals surface area contributed by atoms with Crippen LogP contribution in [0.3, 0.4) is 0 Å². The van der Waals surface area contributed by atoms with E-state index in [0.717, 1.165) is 24.0 Å². The zero-order chi connectivity index (χ0) is 13.5. The zero-order valence-electron chi connectivity index (χ0n) is 11.1. The Morgan fingerprint density at radius 3 is 2.53 bits per heavy atom. The van der Waals surface area contributed by atoms with E-state index in [4.69, 9.17) is 0 Å². The van der Waals surface area contributed by atoms with E-state index < -0.39 is 0 Å². The highest BCUT2D eigenvalue weighted by Crippen LogP contribution is 2.18. The molecule has 0 aliphatic carbocycles. The lowest BCUT2D eigenvalue weighted by molar-refractivity contribution is -0.116. The molecule has 0 aliphatic rings. The maximum absolute atomic E-state index is 11.6. The lowest BCUT2D eigenvalue weighted by Crippen LogP contribution is -2.11. The molecule has 3 nitrogen and oxygen atoms in total. The van der Waals surface area contributed by atoms with Crippen LogP contribution in [0.15, 0.2) is 48.7 Å². The van der Waals surface area contributed by atoms with Gasteiger partial charge in [0.1, 0.15) is 5.82 Å². The summed E-state index contributed by atoms with van der Waals surface area (Å²) in [4.78, 5) is 15.8. The van der Waals surface area contributed by atoms with E-state index in [0.29, 0.717) is 12.2 Å². The van der Waals surface area contributed by atoms with Crippen molar-refractivity contribution in [3.05, 3.63) is 48.7 Å². The molecule has 19 heavy (non-hydrogen) atoms. The van der Waals surface area contributed by atoms with Crippen LogP contribution in [-0.2, 0) is 4.79 Å². The number of aromatic nitrogens is 1. The Morgan fingerprint density at radius 2 is 1.89 bits per heavy atom. The fraction of sp³-hybridized carbons (Fsp3) is 0.250. The van der Waals surface area contributed by atoms with Gasteiger partial charge in [-0.15, -0.1) is 0 Å². The quantitative estimate of drug-likeness (QED) is 0.879. The largest absolute Gasteiger partial charge is 0.311 e. The Hall–Kier alpha value is -2.16. The van der Waals surface area contributed by atoms with Crippen LogP contribution in [-0.4, -0.2) is 10.9 Å². The summed E-state index contributed by atoms with van der Waals surface area (Å²) in [6.07, 6.45) is 4.27. The third kappa shape index (κ3) is 3.91. The van der Waals surface area contributed by atoms with Gasteiger partial charge in [-0.1, -0.05) is 43.7 Å². The van der Waals surface area contributed by atoms with Crippen molar-refractivity contribution < 1.29 is 4.79 Å². The number of benzene rings is 1. The molecule has 1 aromatic heterocycles. The van der Waals surface area contributed by atoms with E-state index in [1.54, 1.807) is 6.20 Å². The number of nitrogens with zero attached hydrogens (tertiary/aromatic N) is 1. The van der Waals surface area contributed by atoms with Crippen molar-refractivity contribution in [1.29, 1.82) is 0 Å². The second-order valence-corrected chi connectivity index (χ2v) is 4.45. The second kappa shape index (κ2) is 6.69. The van der Waals surface area contributed by atoms with Gasteiger partial charge in [0.05, 0.1) is 0 Å². The van der Waals surface area contributed by atoms with Gasteiger partial charge in [-0.2, -0.15) is 0 Å². The number of amides is 1. The van der Waals surface area contributed by atoms with Crippen LogP contribution >= 0.6 is 0 Å². The van der Waals surface area contributed by atoms with Crippen molar-refractivity contribution in [1.82, 2.24) is 4.98 Å². The molecule has 0 radical (unpaired) electrons. The minimum absolute atomic E-state index is 0.0295. The molecule has 2 rings (SSSR count). The average molecular weight is 254 g/mol. The van der Waals surface area contributed by atoms with Gasteiger partial charge >= 0.3 is 0 Å². The van der Waals surface area contributed by atoms with Gasteiger partial charge in [-0.05, 0) is 24.1 Å². The molecule has 0 spiro atoms. The molecule has 0 saturated carbocycles. The second-order valence-electron chi connectivity index (χ2n) is 4.45. The van der Waals surface area contributed by atoms with Gasteiger partial charge in [-0.3, -0.25) is 4.79 Å². The highest BCUT2D eigenvalue weighted by atomic mass is 16.1. The van der Waals surface area contributed by atoms with E-state index in [-0.39, 0.29) is 5.91 Å². The van der Waals surface area contributed by atoms with Crippen LogP contribution in [0.5, 0.6) is 0 Å². The zero-order valence-corrected chi connectivity index (χ0v) is 11.1. The Kier molecular flexibility index (Phi) is 4.67. The molecular weight excluding hydrogens is 236 g/mol. The van der Waals surface area contributed by atoms with Crippen LogP contribution in [0.4, 0.5) is 5.82 Å². The first kappa shape index (κ1) is 13.3. The average Bonchev–Trinajstić information content (AvgIpc) is 2.47. The predicted octanol–water partition coefficient (Wildman–Crippen LogP) is 3.88. The first-order chi connectivity index (χ1) is 9.29. The van der Waals surface area contributed by atoms with Crippen LogP contribution in [0.2, 0.25) is 0 Å². The molecule has 0 aliphatic heterocycles. The minimum Gasteiger partial charge on any atom is -0.311 e. The van der Waals surface area contributed by atoms with Gasteiger partial charge in [-0.25, -0.2) is 4.98 Å². The summed E-state index contributed by atoms with van der Waals surface area (Å²) in [6, 6.07) is 13.9. The summed E-state index contributed by atoms with van der Waals surface area (Å²) < 4.78 is 0. The number of carbonyl (C=O) groups excluding carboxylic acids is 1. The number of hydrogen-bond acceptors (Lipinski definition) is 2. The number of carbonyl (C=O) groups is 1. The Bertz CT molecular complexity index is 520. The fourth-order valence-electron chi connectivity index (χ4n) is 1.81. The molecule has 98 valence electrons. The topological polar surface area (TPSA) is 42.0 Å². The highest BCUT2D eigenvalue weighted by Gasteiger charge is 2.03. The van der Waals surface area contributed by atoms with Gasteiger partial charge in [0.15, 0.2) is 0 Å². The molecular formula is C16H18N2O. The van der Waals surface area contributed by atoms with Gasteiger partial charge < -0.3 is 5.32 Å². The van der Waals surface area contributed by atoms with Crippen LogP contribution < -0.4 is 5.32 Å². The lowest BCUT2D eigenvalue weighted by atomic mass is 10.1. The van der Waals surface area contributed by atoms with Crippen LogP contribution in [0, 0.1) is 0 Å². The smallest absolute Gasteiger partial charge is 0.225 e. The summed E-state index contributed by atoms with van der Waals surface area (Å²) in [7, 11) is 0. The number of nitrogens with one attached hydrogen (secondary N) is 1. The fourth-order valence-corrected chi connectivity index (χ4v) is 1.81. The van der Waals surface area contributed by atoms with Crippen LogP contribution in [0.1, 0.15) is 26.2 Å².